The summed E-state index contributed by atoms with van der Waals surface area (Å²) in [4.78, 5) is 4.92. The fraction of sp³-hybridized carbons (Fsp3) is 0.0625. The molecule has 240 valence electrons. The van der Waals surface area contributed by atoms with Crippen molar-refractivity contribution in [2.24, 2.45) is 0 Å². The molecule has 3 heteroatoms. The second-order valence-electron chi connectivity index (χ2n) is 14.3. The second-order valence-corrected chi connectivity index (χ2v) is 15.3. The third-order valence-electron chi connectivity index (χ3n) is 11.1. The number of para-hydroxylation sites is 1. The summed E-state index contributed by atoms with van der Waals surface area (Å²) in [5.74, 6) is 0. The van der Waals surface area contributed by atoms with Gasteiger partial charge in [-0.3, -0.25) is 0 Å². The van der Waals surface area contributed by atoms with Crippen molar-refractivity contribution >= 4 is 65.0 Å². The summed E-state index contributed by atoms with van der Waals surface area (Å²) < 4.78 is 7.75. The molecule has 0 fully saturated rings. The Morgan fingerprint density at radius 3 is 1.82 bits per heavy atom. The average Bonchev–Trinajstić information content (AvgIpc) is 3.83. The summed E-state index contributed by atoms with van der Waals surface area (Å²) in [6, 6.07) is 55.3. The van der Waals surface area contributed by atoms with Gasteiger partial charge in [0.15, 0.2) is 0 Å². The number of benzene rings is 8. The van der Waals surface area contributed by atoms with E-state index in [-0.39, 0.29) is 5.41 Å². The minimum atomic E-state index is -0.0230. The maximum absolute atomic E-state index is 6.55. The summed E-state index contributed by atoms with van der Waals surface area (Å²) >= 11 is 1.73. The number of furan rings is 1. The van der Waals surface area contributed by atoms with Gasteiger partial charge < -0.3 is 4.42 Å². The van der Waals surface area contributed by atoms with Crippen molar-refractivity contribution in [1.29, 1.82) is 0 Å². The Balaban J connectivity index is 1.10. The first kappa shape index (κ1) is 28.8. The molecule has 0 radical (unpaired) electrons. The third kappa shape index (κ3) is 4.13. The Bertz CT molecular complexity index is 2980. The number of rotatable bonds is 3. The van der Waals surface area contributed by atoms with Gasteiger partial charge in [-0.2, -0.15) is 0 Å². The van der Waals surface area contributed by atoms with Gasteiger partial charge in [0.1, 0.15) is 16.2 Å². The van der Waals surface area contributed by atoms with Gasteiger partial charge in [0, 0.05) is 21.8 Å². The quantitative estimate of drug-likeness (QED) is 0.175. The molecule has 8 aromatic carbocycles. The van der Waals surface area contributed by atoms with E-state index in [4.69, 9.17) is 9.40 Å². The largest absolute Gasteiger partial charge is 0.456 e. The lowest BCUT2D eigenvalue weighted by molar-refractivity contribution is 0.660. The van der Waals surface area contributed by atoms with Crippen molar-refractivity contribution in [2.45, 2.75) is 19.3 Å². The van der Waals surface area contributed by atoms with Gasteiger partial charge in [0.05, 0.1) is 10.2 Å². The summed E-state index contributed by atoms with van der Waals surface area (Å²) in [5, 5.41) is 8.23. The number of aromatic nitrogens is 1. The minimum Gasteiger partial charge on any atom is -0.456 e. The zero-order chi connectivity index (χ0) is 33.8. The average molecular weight is 670 g/mol. The lowest BCUT2D eigenvalue weighted by Gasteiger charge is -2.22. The highest BCUT2D eigenvalue weighted by atomic mass is 32.1. The van der Waals surface area contributed by atoms with Crippen LogP contribution in [0.25, 0.3) is 97.7 Å². The predicted molar refractivity (Wildman–Crippen MR) is 216 cm³/mol. The molecule has 0 bridgehead atoms. The van der Waals surface area contributed by atoms with Crippen molar-refractivity contribution in [3.63, 3.8) is 0 Å². The van der Waals surface area contributed by atoms with Crippen LogP contribution in [0.1, 0.15) is 25.0 Å². The van der Waals surface area contributed by atoms with E-state index in [1.807, 2.05) is 6.07 Å². The van der Waals surface area contributed by atoms with Crippen LogP contribution in [0.2, 0.25) is 0 Å². The molecule has 11 rings (SSSR count). The van der Waals surface area contributed by atoms with Crippen LogP contribution >= 0.6 is 11.3 Å². The third-order valence-corrected chi connectivity index (χ3v) is 12.2. The molecule has 2 heterocycles. The van der Waals surface area contributed by atoms with Crippen LogP contribution < -0.4 is 0 Å². The molecule has 0 saturated carbocycles. The fourth-order valence-corrected chi connectivity index (χ4v) is 9.65. The van der Waals surface area contributed by atoms with E-state index in [0.29, 0.717) is 0 Å². The molecule has 51 heavy (non-hydrogen) atoms. The van der Waals surface area contributed by atoms with Crippen LogP contribution in [0.4, 0.5) is 0 Å². The van der Waals surface area contributed by atoms with Gasteiger partial charge in [-0.1, -0.05) is 117 Å². The SMILES string of the molecule is CC1(C)c2ccccc2-c2cc(-c3c4ccccc4c(-c4ccc5c(c4)oc4ccc(-c6nc7ccccc7s6)cc45)c4ccccc34)ccc21. The molecule has 0 unspecified atom stereocenters. The lowest BCUT2D eigenvalue weighted by Crippen LogP contribution is -2.14. The number of fused-ring (bicyclic) bond motifs is 9. The maximum atomic E-state index is 6.55. The predicted octanol–water partition coefficient (Wildman–Crippen LogP) is 13.8. The molecule has 0 N–H and O–H groups in total. The van der Waals surface area contributed by atoms with E-state index in [0.717, 1.165) is 43.6 Å². The fourth-order valence-electron chi connectivity index (χ4n) is 8.69. The van der Waals surface area contributed by atoms with E-state index >= 15 is 0 Å². The van der Waals surface area contributed by atoms with Gasteiger partial charge in [0.25, 0.3) is 0 Å². The Morgan fingerprint density at radius 1 is 0.471 bits per heavy atom. The van der Waals surface area contributed by atoms with Crippen LogP contribution in [0.5, 0.6) is 0 Å². The molecule has 1 aliphatic carbocycles. The number of hydrogen-bond acceptors (Lipinski definition) is 3. The Morgan fingerprint density at radius 2 is 1.08 bits per heavy atom. The van der Waals surface area contributed by atoms with E-state index < -0.39 is 0 Å². The smallest absolute Gasteiger partial charge is 0.136 e. The maximum Gasteiger partial charge on any atom is 0.136 e. The van der Waals surface area contributed by atoms with Crippen molar-refractivity contribution in [3.8, 4) is 44.0 Å². The lowest BCUT2D eigenvalue weighted by atomic mass is 9.81. The molecule has 0 amide bonds. The van der Waals surface area contributed by atoms with Gasteiger partial charge >= 0.3 is 0 Å². The van der Waals surface area contributed by atoms with Gasteiger partial charge in [0.2, 0.25) is 0 Å². The first-order valence-electron chi connectivity index (χ1n) is 17.5. The van der Waals surface area contributed by atoms with Crippen molar-refractivity contribution in [3.05, 3.63) is 163 Å². The molecule has 1 aliphatic rings. The molecular weight excluding hydrogens is 639 g/mol. The summed E-state index contributed by atoms with van der Waals surface area (Å²) in [7, 11) is 0. The van der Waals surface area contributed by atoms with Crippen LogP contribution in [0.3, 0.4) is 0 Å². The van der Waals surface area contributed by atoms with Crippen molar-refractivity contribution in [2.75, 3.05) is 0 Å². The number of thiazole rings is 1. The van der Waals surface area contributed by atoms with Gasteiger partial charge in [-0.25, -0.2) is 4.98 Å². The highest BCUT2D eigenvalue weighted by Crippen LogP contribution is 2.51. The Labute approximate surface area is 299 Å². The first-order valence-corrected chi connectivity index (χ1v) is 18.4. The summed E-state index contributed by atoms with van der Waals surface area (Å²) in [5.41, 5.74) is 14.3. The van der Waals surface area contributed by atoms with Crippen molar-refractivity contribution in [1.82, 2.24) is 4.98 Å². The molecule has 0 saturated heterocycles. The van der Waals surface area contributed by atoms with Crippen LogP contribution in [0.15, 0.2) is 156 Å². The molecule has 0 aliphatic heterocycles. The number of hydrogen-bond donors (Lipinski definition) is 0. The Kier molecular flexibility index (Phi) is 5.92. The normalized spacial score (nSPS) is 13.5. The van der Waals surface area contributed by atoms with E-state index in [1.165, 1.54) is 65.2 Å². The first-order chi connectivity index (χ1) is 25.0. The second kappa shape index (κ2) is 10.5. The highest BCUT2D eigenvalue weighted by molar-refractivity contribution is 7.21. The highest BCUT2D eigenvalue weighted by Gasteiger charge is 2.35. The topological polar surface area (TPSA) is 26.0 Å². The zero-order valence-electron chi connectivity index (χ0n) is 28.2. The van der Waals surface area contributed by atoms with E-state index in [9.17, 15) is 0 Å². The minimum absolute atomic E-state index is 0.0230. The monoisotopic (exact) mass is 669 g/mol. The van der Waals surface area contributed by atoms with Gasteiger partial charge in [-0.05, 0) is 115 Å². The van der Waals surface area contributed by atoms with E-state index in [2.05, 4.69) is 159 Å². The van der Waals surface area contributed by atoms with Crippen LogP contribution in [-0.4, -0.2) is 4.98 Å². The zero-order valence-corrected chi connectivity index (χ0v) is 29.0. The van der Waals surface area contributed by atoms with Crippen LogP contribution in [-0.2, 0) is 5.41 Å². The van der Waals surface area contributed by atoms with Gasteiger partial charge in [-0.15, -0.1) is 11.3 Å². The molecule has 0 spiro atoms. The van der Waals surface area contributed by atoms with E-state index in [1.54, 1.807) is 11.3 Å². The van der Waals surface area contributed by atoms with Crippen LogP contribution in [0, 0.1) is 0 Å². The summed E-state index contributed by atoms with van der Waals surface area (Å²) in [6.07, 6.45) is 0. The standard InChI is InChI=1S/C48H31NOS/c1-48(2)39-16-8-7-11-31(39)37-25-28(20-23-40(37)48)45-33-12-3-5-14-35(33)46(36-15-6-4-13-34(36)45)29-19-22-32-38-26-30(21-24-42(38)50-43(32)27-29)47-49-41-17-9-10-18-44(41)51-47/h3-27H,1-2H3. The molecular formula is C48H31NOS. The molecule has 2 aromatic heterocycles. The molecule has 10 aromatic rings. The Hall–Kier alpha value is -6.03. The number of nitrogens with zero attached hydrogens (tertiary/aromatic N) is 1. The molecule has 0 atom stereocenters. The molecule has 2 nitrogen and oxygen atoms in total. The summed E-state index contributed by atoms with van der Waals surface area (Å²) in [6.45, 7) is 4.69. The van der Waals surface area contributed by atoms with Crippen molar-refractivity contribution < 1.29 is 4.42 Å².